The van der Waals surface area contributed by atoms with Crippen LogP contribution < -0.4 is 14.8 Å². The maximum atomic E-state index is 12.5. The Morgan fingerprint density at radius 3 is 2.23 bits per heavy atom. The first-order valence-corrected chi connectivity index (χ1v) is 9.59. The van der Waals surface area contributed by atoms with Crippen molar-refractivity contribution in [3.8, 4) is 11.5 Å². The van der Waals surface area contributed by atoms with Gasteiger partial charge in [0.1, 0.15) is 0 Å². The van der Waals surface area contributed by atoms with Crippen molar-refractivity contribution >= 4 is 11.7 Å². The van der Waals surface area contributed by atoms with Gasteiger partial charge in [0, 0.05) is 11.1 Å². The molecule has 0 saturated heterocycles. The average Bonchev–Trinajstić information content (AvgIpc) is 2.58. The number of Topliss-reactive ketones (excluding diaryl/α,β-unsaturated/α-hetero) is 1. The normalized spacial score (nSPS) is 31.5. The SMILES string of the molecule is COc1cc(C(C)=O)ccc1OCC(=O)NC12CC3CC(CC(C3)C1)C2. The Morgan fingerprint density at radius 2 is 1.69 bits per heavy atom. The number of benzene rings is 1. The number of amides is 1. The summed E-state index contributed by atoms with van der Waals surface area (Å²) < 4.78 is 11.0. The van der Waals surface area contributed by atoms with Gasteiger partial charge in [-0.1, -0.05) is 0 Å². The summed E-state index contributed by atoms with van der Waals surface area (Å²) in [5.74, 6) is 3.24. The third kappa shape index (κ3) is 3.31. The van der Waals surface area contributed by atoms with E-state index in [4.69, 9.17) is 9.47 Å². The van der Waals surface area contributed by atoms with Crippen molar-refractivity contribution in [3.63, 3.8) is 0 Å². The Hall–Kier alpha value is -2.04. The molecular formula is C21H27NO4. The summed E-state index contributed by atoms with van der Waals surface area (Å²) in [4.78, 5) is 24.0. The van der Waals surface area contributed by atoms with Crippen LogP contribution in [0.5, 0.6) is 11.5 Å². The molecule has 4 aliphatic carbocycles. The van der Waals surface area contributed by atoms with Crippen LogP contribution in [0.25, 0.3) is 0 Å². The van der Waals surface area contributed by atoms with Gasteiger partial charge in [0.15, 0.2) is 23.9 Å². The van der Waals surface area contributed by atoms with E-state index in [0.29, 0.717) is 17.1 Å². The van der Waals surface area contributed by atoms with Crippen LogP contribution in [0.2, 0.25) is 0 Å². The topological polar surface area (TPSA) is 64.6 Å². The molecule has 140 valence electrons. The molecule has 4 saturated carbocycles. The number of methoxy groups -OCH3 is 1. The number of carbonyl (C=O) groups is 2. The maximum Gasteiger partial charge on any atom is 0.258 e. The summed E-state index contributed by atoms with van der Waals surface area (Å²) in [7, 11) is 1.53. The lowest BCUT2D eigenvalue weighted by Crippen LogP contribution is -2.60. The lowest BCUT2D eigenvalue weighted by atomic mass is 9.53. The number of rotatable bonds is 6. The molecule has 4 aliphatic rings. The monoisotopic (exact) mass is 357 g/mol. The summed E-state index contributed by atoms with van der Waals surface area (Å²) in [5.41, 5.74) is 0.560. The molecule has 1 amide bonds. The number of carbonyl (C=O) groups excluding carboxylic acids is 2. The Bertz CT molecular complexity index is 691. The number of nitrogens with one attached hydrogen (secondary N) is 1. The first-order valence-electron chi connectivity index (χ1n) is 9.59. The summed E-state index contributed by atoms with van der Waals surface area (Å²) in [6.45, 7) is 1.48. The van der Waals surface area contributed by atoms with Gasteiger partial charge in [-0.2, -0.15) is 0 Å². The van der Waals surface area contributed by atoms with Gasteiger partial charge < -0.3 is 14.8 Å². The van der Waals surface area contributed by atoms with Crippen LogP contribution >= 0.6 is 0 Å². The zero-order valence-electron chi connectivity index (χ0n) is 15.5. The van der Waals surface area contributed by atoms with E-state index in [0.717, 1.165) is 37.0 Å². The van der Waals surface area contributed by atoms with Crippen molar-refractivity contribution in [2.45, 2.75) is 51.0 Å². The fourth-order valence-corrected chi connectivity index (χ4v) is 5.74. The van der Waals surface area contributed by atoms with Crippen LogP contribution in [0.15, 0.2) is 18.2 Å². The van der Waals surface area contributed by atoms with Gasteiger partial charge in [0.05, 0.1) is 7.11 Å². The molecule has 1 N–H and O–H groups in total. The molecule has 1 aromatic rings. The van der Waals surface area contributed by atoms with E-state index in [1.165, 1.54) is 33.3 Å². The predicted octanol–water partition coefficient (Wildman–Crippen LogP) is 3.36. The molecule has 5 nitrogen and oxygen atoms in total. The smallest absolute Gasteiger partial charge is 0.258 e. The summed E-state index contributed by atoms with van der Waals surface area (Å²) in [6, 6.07) is 5.03. The molecule has 0 radical (unpaired) electrons. The number of ketones is 1. The second-order valence-electron chi connectivity index (χ2n) is 8.46. The minimum atomic E-state index is -0.0651. The van der Waals surface area contributed by atoms with E-state index in [-0.39, 0.29) is 23.8 Å². The molecule has 0 heterocycles. The molecule has 5 heteroatoms. The third-order valence-corrected chi connectivity index (χ3v) is 6.37. The van der Waals surface area contributed by atoms with Gasteiger partial charge >= 0.3 is 0 Å². The number of hydrogen-bond donors (Lipinski definition) is 1. The first-order chi connectivity index (χ1) is 12.5. The zero-order chi connectivity index (χ0) is 18.3. The summed E-state index contributed by atoms with van der Waals surface area (Å²) in [5, 5.41) is 3.30. The van der Waals surface area contributed by atoms with Gasteiger partial charge in [-0.15, -0.1) is 0 Å². The number of ether oxygens (including phenoxy) is 2. The average molecular weight is 357 g/mol. The van der Waals surface area contributed by atoms with Crippen molar-refractivity contribution in [1.29, 1.82) is 0 Å². The van der Waals surface area contributed by atoms with Gasteiger partial charge in [0.25, 0.3) is 5.91 Å². The van der Waals surface area contributed by atoms with Crippen molar-refractivity contribution in [2.75, 3.05) is 13.7 Å². The summed E-state index contributed by atoms with van der Waals surface area (Å²) in [6.07, 6.45) is 7.44. The molecule has 4 bridgehead atoms. The van der Waals surface area contributed by atoms with E-state index in [9.17, 15) is 9.59 Å². The Kier molecular flexibility index (Phi) is 4.41. The van der Waals surface area contributed by atoms with Crippen LogP contribution in [0.1, 0.15) is 55.8 Å². The molecule has 0 atom stereocenters. The van der Waals surface area contributed by atoms with Crippen molar-refractivity contribution < 1.29 is 19.1 Å². The van der Waals surface area contributed by atoms with E-state index in [2.05, 4.69) is 5.32 Å². The zero-order valence-corrected chi connectivity index (χ0v) is 15.5. The molecule has 5 rings (SSSR count). The van der Waals surface area contributed by atoms with Crippen molar-refractivity contribution in [2.24, 2.45) is 17.8 Å². The van der Waals surface area contributed by atoms with Gasteiger partial charge in [-0.05, 0) is 81.4 Å². The second-order valence-corrected chi connectivity index (χ2v) is 8.46. The van der Waals surface area contributed by atoms with E-state index in [1.54, 1.807) is 18.2 Å². The van der Waals surface area contributed by atoms with Gasteiger partial charge in [-0.25, -0.2) is 0 Å². The van der Waals surface area contributed by atoms with Crippen LogP contribution in [0, 0.1) is 17.8 Å². The quantitative estimate of drug-likeness (QED) is 0.793. The van der Waals surface area contributed by atoms with Crippen LogP contribution in [0.4, 0.5) is 0 Å². The molecule has 0 spiro atoms. The predicted molar refractivity (Wildman–Crippen MR) is 97.5 cm³/mol. The number of hydrogen-bond acceptors (Lipinski definition) is 4. The lowest BCUT2D eigenvalue weighted by molar-refractivity contribution is -0.128. The van der Waals surface area contributed by atoms with Crippen molar-refractivity contribution in [3.05, 3.63) is 23.8 Å². The minimum Gasteiger partial charge on any atom is -0.493 e. The highest BCUT2D eigenvalue weighted by Gasteiger charge is 2.51. The molecular weight excluding hydrogens is 330 g/mol. The molecule has 1 aromatic carbocycles. The van der Waals surface area contributed by atoms with E-state index >= 15 is 0 Å². The second kappa shape index (κ2) is 6.60. The highest BCUT2D eigenvalue weighted by Crippen LogP contribution is 2.55. The minimum absolute atomic E-state index is 0.00222. The lowest BCUT2D eigenvalue weighted by Gasteiger charge is -2.56. The molecule has 4 fully saturated rings. The maximum absolute atomic E-state index is 12.5. The van der Waals surface area contributed by atoms with Crippen LogP contribution in [-0.2, 0) is 4.79 Å². The van der Waals surface area contributed by atoms with Crippen LogP contribution in [0.3, 0.4) is 0 Å². The highest BCUT2D eigenvalue weighted by molar-refractivity contribution is 5.94. The van der Waals surface area contributed by atoms with E-state index in [1.807, 2.05) is 0 Å². The largest absolute Gasteiger partial charge is 0.493 e. The molecule has 0 unspecified atom stereocenters. The fraction of sp³-hybridized carbons (Fsp3) is 0.619. The van der Waals surface area contributed by atoms with Gasteiger partial charge in [-0.3, -0.25) is 9.59 Å². The first kappa shape index (κ1) is 17.4. The molecule has 0 aliphatic heterocycles. The van der Waals surface area contributed by atoms with E-state index < -0.39 is 0 Å². The standard InChI is InChI=1S/C21H27NO4/c1-13(23)17-3-4-18(19(8-17)25-2)26-12-20(24)22-21-9-14-5-15(10-21)7-16(6-14)11-21/h3-4,8,14-16H,5-7,9-12H2,1-2H3,(H,22,24). The Labute approximate surface area is 154 Å². The van der Waals surface area contributed by atoms with Gasteiger partial charge in [0.2, 0.25) is 0 Å². The fourth-order valence-electron chi connectivity index (χ4n) is 5.74. The molecule has 26 heavy (non-hydrogen) atoms. The Balaban J connectivity index is 1.38. The molecule has 0 aromatic heterocycles. The Morgan fingerprint density at radius 1 is 1.08 bits per heavy atom. The van der Waals surface area contributed by atoms with Crippen molar-refractivity contribution in [1.82, 2.24) is 5.32 Å². The van der Waals surface area contributed by atoms with Crippen LogP contribution in [-0.4, -0.2) is 30.9 Å². The highest BCUT2D eigenvalue weighted by atomic mass is 16.5. The third-order valence-electron chi connectivity index (χ3n) is 6.37. The summed E-state index contributed by atoms with van der Waals surface area (Å²) >= 11 is 0.